The average molecular weight is 263 g/mol. The number of hydrogen-bond acceptors (Lipinski definition) is 4. The highest BCUT2D eigenvalue weighted by molar-refractivity contribution is 6.29. The van der Waals surface area contributed by atoms with Gasteiger partial charge < -0.3 is 5.32 Å². The molecule has 5 nitrogen and oxygen atoms in total. The fourth-order valence-electron chi connectivity index (χ4n) is 1.39. The first-order valence-electron chi connectivity index (χ1n) is 5.33. The smallest absolute Gasteiger partial charge is 0.253 e. The molecule has 2 aromatic rings. The number of hydrogen-bond donors (Lipinski definition) is 1. The summed E-state index contributed by atoms with van der Waals surface area (Å²) in [5.74, 6) is 0.463. The lowest BCUT2D eigenvalue weighted by Gasteiger charge is -2.04. The Hall–Kier alpha value is -2.01. The summed E-state index contributed by atoms with van der Waals surface area (Å²) in [4.78, 5) is 23.8. The molecule has 18 heavy (non-hydrogen) atoms. The van der Waals surface area contributed by atoms with Crippen molar-refractivity contribution in [3.63, 3.8) is 0 Å². The number of nitrogens with one attached hydrogen (secondary N) is 1. The van der Waals surface area contributed by atoms with Gasteiger partial charge in [0, 0.05) is 12.4 Å². The van der Waals surface area contributed by atoms with E-state index >= 15 is 0 Å². The van der Waals surface area contributed by atoms with Crippen molar-refractivity contribution < 1.29 is 4.79 Å². The molecule has 2 heterocycles. The topological polar surface area (TPSA) is 67.8 Å². The Labute approximate surface area is 109 Å². The molecule has 0 bridgehead atoms. The summed E-state index contributed by atoms with van der Waals surface area (Å²) in [6.07, 6.45) is 3.09. The Bertz CT molecular complexity index is 556. The second-order valence-electron chi connectivity index (χ2n) is 3.65. The van der Waals surface area contributed by atoms with Crippen LogP contribution in [0.5, 0.6) is 0 Å². The second kappa shape index (κ2) is 5.55. The van der Waals surface area contributed by atoms with E-state index in [0.717, 1.165) is 5.69 Å². The molecule has 0 saturated carbocycles. The molecule has 0 spiro atoms. The van der Waals surface area contributed by atoms with Gasteiger partial charge in [0.05, 0.1) is 17.8 Å². The SMILES string of the molecule is Cc1nccc(CNC(=O)c2ccc(Cl)nc2)n1. The molecule has 92 valence electrons. The predicted molar refractivity (Wildman–Crippen MR) is 67.2 cm³/mol. The number of aryl methyl sites for hydroxylation is 1. The molecule has 0 atom stereocenters. The van der Waals surface area contributed by atoms with Crippen LogP contribution in [0, 0.1) is 6.92 Å². The van der Waals surface area contributed by atoms with Crippen molar-refractivity contribution in [1.82, 2.24) is 20.3 Å². The number of carbonyl (C=O) groups excluding carboxylic acids is 1. The molecule has 1 N–H and O–H groups in total. The molecule has 0 saturated heterocycles. The fourth-order valence-corrected chi connectivity index (χ4v) is 1.50. The summed E-state index contributed by atoms with van der Waals surface area (Å²) in [5, 5.41) is 3.11. The lowest BCUT2D eigenvalue weighted by molar-refractivity contribution is 0.0950. The van der Waals surface area contributed by atoms with E-state index in [1.807, 2.05) is 0 Å². The van der Waals surface area contributed by atoms with Crippen molar-refractivity contribution in [1.29, 1.82) is 0 Å². The summed E-state index contributed by atoms with van der Waals surface area (Å²) in [5.41, 5.74) is 1.22. The van der Waals surface area contributed by atoms with E-state index < -0.39 is 0 Å². The lowest BCUT2D eigenvalue weighted by Crippen LogP contribution is -2.23. The summed E-state index contributed by atoms with van der Waals surface area (Å²) in [6, 6.07) is 4.95. The van der Waals surface area contributed by atoms with Gasteiger partial charge in [0.2, 0.25) is 0 Å². The van der Waals surface area contributed by atoms with Gasteiger partial charge in [0.1, 0.15) is 11.0 Å². The zero-order chi connectivity index (χ0) is 13.0. The van der Waals surface area contributed by atoms with Crippen LogP contribution >= 0.6 is 11.6 Å². The molecule has 2 aromatic heterocycles. The third kappa shape index (κ3) is 3.24. The summed E-state index contributed by atoms with van der Waals surface area (Å²) < 4.78 is 0. The quantitative estimate of drug-likeness (QED) is 0.856. The van der Waals surface area contributed by atoms with Crippen molar-refractivity contribution in [2.24, 2.45) is 0 Å². The van der Waals surface area contributed by atoms with Crippen molar-refractivity contribution in [2.75, 3.05) is 0 Å². The third-order valence-electron chi connectivity index (χ3n) is 2.25. The van der Waals surface area contributed by atoms with Gasteiger partial charge in [-0.15, -0.1) is 0 Å². The van der Waals surface area contributed by atoms with Crippen LogP contribution < -0.4 is 5.32 Å². The predicted octanol–water partition coefficient (Wildman–Crippen LogP) is 1.76. The largest absolute Gasteiger partial charge is 0.346 e. The van der Waals surface area contributed by atoms with E-state index in [2.05, 4.69) is 20.3 Å². The monoisotopic (exact) mass is 262 g/mol. The van der Waals surface area contributed by atoms with E-state index in [0.29, 0.717) is 23.1 Å². The van der Waals surface area contributed by atoms with Crippen LogP contribution in [-0.2, 0) is 6.54 Å². The van der Waals surface area contributed by atoms with E-state index in [1.54, 1.807) is 31.3 Å². The average Bonchev–Trinajstić information content (AvgIpc) is 2.37. The fraction of sp³-hybridized carbons (Fsp3) is 0.167. The number of halogens is 1. The number of amides is 1. The maximum atomic E-state index is 11.8. The van der Waals surface area contributed by atoms with E-state index in [9.17, 15) is 4.79 Å². The Morgan fingerprint density at radius 3 is 2.83 bits per heavy atom. The Morgan fingerprint density at radius 2 is 2.17 bits per heavy atom. The van der Waals surface area contributed by atoms with Crippen LogP contribution in [0.4, 0.5) is 0 Å². The minimum Gasteiger partial charge on any atom is -0.346 e. The molecule has 0 radical (unpaired) electrons. The van der Waals surface area contributed by atoms with Gasteiger partial charge in [0.15, 0.2) is 0 Å². The lowest BCUT2D eigenvalue weighted by atomic mass is 10.2. The van der Waals surface area contributed by atoms with Crippen LogP contribution in [-0.4, -0.2) is 20.9 Å². The summed E-state index contributed by atoms with van der Waals surface area (Å²) in [7, 11) is 0. The van der Waals surface area contributed by atoms with Gasteiger partial charge in [-0.1, -0.05) is 11.6 Å². The Kier molecular flexibility index (Phi) is 3.84. The van der Waals surface area contributed by atoms with Crippen molar-refractivity contribution in [3.05, 3.63) is 52.8 Å². The molecule has 0 aliphatic carbocycles. The Balaban J connectivity index is 1.98. The van der Waals surface area contributed by atoms with Gasteiger partial charge in [-0.2, -0.15) is 0 Å². The van der Waals surface area contributed by atoms with Crippen molar-refractivity contribution >= 4 is 17.5 Å². The second-order valence-corrected chi connectivity index (χ2v) is 4.03. The van der Waals surface area contributed by atoms with E-state index in [-0.39, 0.29) is 5.91 Å². The molecule has 0 aliphatic rings. The summed E-state index contributed by atoms with van der Waals surface area (Å²) in [6.45, 7) is 2.15. The highest BCUT2D eigenvalue weighted by Crippen LogP contribution is 2.05. The molecule has 0 aromatic carbocycles. The van der Waals surface area contributed by atoms with Crippen LogP contribution in [0.2, 0.25) is 5.15 Å². The van der Waals surface area contributed by atoms with Crippen LogP contribution in [0.15, 0.2) is 30.6 Å². The first-order chi connectivity index (χ1) is 8.65. The number of aromatic nitrogens is 3. The molecule has 2 rings (SSSR count). The highest BCUT2D eigenvalue weighted by atomic mass is 35.5. The first-order valence-corrected chi connectivity index (χ1v) is 5.71. The van der Waals surface area contributed by atoms with Gasteiger partial charge in [0.25, 0.3) is 5.91 Å². The molecular weight excluding hydrogens is 252 g/mol. The van der Waals surface area contributed by atoms with Gasteiger partial charge >= 0.3 is 0 Å². The van der Waals surface area contributed by atoms with Gasteiger partial charge in [-0.3, -0.25) is 4.79 Å². The summed E-state index contributed by atoms with van der Waals surface area (Å²) >= 11 is 5.65. The first kappa shape index (κ1) is 12.4. The zero-order valence-corrected chi connectivity index (χ0v) is 10.5. The van der Waals surface area contributed by atoms with Crippen molar-refractivity contribution in [3.8, 4) is 0 Å². The van der Waals surface area contributed by atoms with E-state index in [4.69, 9.17) is 11.6 Å². The minimum atomic E-state index is -0.213. The normalized spacial score (nSPS) is 10.1. The third-order valence-corrected chi connectivity index (χ3v) is 2.48. The Morgan fingerprint density at radius 1 is 1.33 bits per heavy atom. The number of pyridine rings is 1. The minimum absolute atomic E-state index is 0.213. The molecule has 0 unspecified atom stereocenters. The van der Waals surface area contributed by atoms with Gasteiger partial charge in [-0.25, -0.2) is 15.0 Å². The molecule has 1 amide bonds. The maximum Gasteiger partial charge on any atom is 0.253 e. The molecule has 6 heteroatoms. The highest BCUT2D eigenvalue weighted by Gasteiger charge is 2.06. The molecule has 0 aliphatic heterocycles. The van der Waals surface area contributed by atoms with Crippen LogP contribution in [0.25, 0.3) is 0 Å². The maximum absolute atomic E-state index is 11.8. The van der Waals surface area contributed by atoms with Gasteiger partial charge in [-0.05, 0) is 25.1 Å². The molecule has 0 fully saturated rings. The van der Waals surface area contributed by atoms with E-state index in [1.165, 1.54) is 6.20 Å². The number of rotatable bonds is 3. The molecular formula is C12H11ClN4O. The van der Waals surface area contributed by atoms with Crippen LogP contribution in [0.1, 0.15) is 21.9 Å². The standard InChI is InChI=1S/C12H11ClN4O/c1-8-14-5-4-10(17-8)7-16-12(18)9-2-3-11(13)15-6-9/h2-6H,7H2,1H3,(H,16,18). The number of carbonyl (C=O) groups is 1. The van der Waals surface area contributed by atoms with Crippen LogP contribution in [0.3, 0.4) is 0 Å². The zero-order valence-electron chi connectivity index (χ0n) is 9.72. The van der Waals surface area contributed by atoms with Crippen molar-refractivity contribution in [2.45, 2.75) is 13.5 Å². The number of nitrogens with zero attached hydrogens (tertiary/aromatic N) is 3.